The Morgan fingerprint density at radius 2 is 1.93 bits per heavy atom. The number of ether oxygens (including phenoxy) is 2. The highest BCUT2D eigenvalue weighted by atomic mass is 32.1. The van der Waals surface area contributed by atoms with Gasteiger partial charge < -0.3 is 14.4 Å². The molecule has 4 aromatic rings. The third-order valence-corrected chi connectivity index (χ3v) is 8.68. The second kappa shape index (κ2) is 12.3. The van der Waals surface area contributed by atoms with Crippen LogP contribution in [-0.2, 0) is 16.1 Å². The van der Waals surface area contributed by atoms with E-state index in [1.165, 1.54) is 47.1 Å². The van der Waals surface area contributed by atoms with Crippen LogP contribution in [0.25, 0.3) is 15.2 Å². The number of rotatable bonds is 10. The van der Waals surface area contributed by atoms with Gasteiger partial charge >= 0.3 is 5.69 Å². The highest BCUT2D eigenvalue weighted by Crippen LogP contribution is 2.34. The number of benzene rings is 1. The zero-order valence-electron chi connectivity index (χ0n) is 23.4. The predicted molar refractivity (Wildman–Crippen MR) is 152 cm³/mol. The number of nitrogens with zero attached hydrogens (tertiary/aromatic N) is 7. The normalized spacial score (nSPS) is 14.7. The van der Waals surface area contributed by atoms with Crippen LogP contribution >= 0.6 is 11.3 Å². The third-order valence-electron chi connectivity index (χ3n) is 7.40. The summed E-state index contributed by atoms with van der Waals surface area (Å²) in [6.45, 7) is 4.27. The number of likely N-dealkylation sites (tertiary alicyclic amines) is 1. The van der Waals surface area contributed by atoms with Gasteiger partial charge in [-0.15, -0.1) is 4.80 Å². The van der Waals surface area contributed by atoms with E-state index in [1.54, 1.807) is 18.7 Å². The quantitative estimate of drug-likeness (QED) is 0.255. The van der Waals surface area contributed by atoms with Crippen molar-refractivity contribution in [3.05, 3.63) is 68.4 Å². The molecule has 1 saturated heterocycles. The zero-order valence-corrected chi connectivity index (χ0v) is 24.3. The summed E-state index contributed by atoms with van der Waals surface area (Å²) in [5, 5.41) is 18.3. The van der Waals surface area contributed by atoms with E-state index in [0.717, 1.165) is 28.7 Å². The zero-order chi connectivity index (χ0) is 30.0. The van der Waals surface area contributed by atoms with E-state index in [4.69, 9.17) is 14.7 Å². The lowest BCUT2D eigenvalue weighted by molar-refractivity contribution is -0.133. The molecule has 0 aliphatic carbocycles. The number of halogens is 1. The summed E-state index contributed by atoms with van der Waals surface area (Å²) in [4.78, 5) is 44.9. The number of carbonyl (C=O) groups is 1. The Morgan fingerprint density at radius 1 is 1.21 bits per heavy atom. The molecule has 4 heterocycles. The Morgan fingerprint density at radius 3 is 2.60 bits per heavy atom. The molecular formula is C28H30FN7O5S. The minimum absolute atomic E-state index is 0.00808. The Labute approximate surface area is 244 Å². The van der Waals surface area contributed by atoms with E-state index in [2.05, 4.69) is 10.2 Å². The van der Waals surface area contributed by atoms with Gasteiger partial charge in [-0.1, -0.05) is 11.3 Å². The summed E-state index contributed by atoms with van der Waals surface area (Å²) in [5.74, 6) is -0.517. The molecule has 1 fully saturated rings. The van der Waals surface area contributed by atoms with E-state index in [1.807, 2.05) is 6.07 Å². The number of thiophene rings is 1. The van der Waals surface area contributed by atoms with Crippen molar-refractivity contribution in [2.75, 3.05) is 26.8 Å². The molecule has 0 N–H and O–H groups in total. The molecule has 1 aliphatic rings. The second-order valence-electron chi connectivity index (χ2n) is 9.96. The Bertz CT molecular complexity index is 1770. The number of nitriles is 1. The van der Waals surface area contributed by atoms with Gasteiger partial charge in [-0.3, -0.25) is 14.2 Å². The first-order valence-electron chi connectivity index (χ1n) is 13.5. The smallest absolute Gasteiger partial charge is 0.332 e. The van der Waals surface area contributed by atoms with Crippen LogP contribution in [0, 0.1) is 24.1 Å². The number of aromatic nitrogens is 5. The molecule has 42 heavy (non-hydrogen) atoms. The van der Waals surface area contributed by atoms with Crippen LogP contribution in [0.4, 0.5) is 4.39 Å². The lowest BCUT2D eigenvalue weighted by Crippen LogP contribution is -2.47. The molecule has 12 nitrogen and oxygen atoms in total. The summed E-state index contributed by atoms with van der Waals surface area (Å²) in [5.41, 5.74) is -0.428. The highest BCUT2D eigenvalue weighted by Gasteiger charge is 2.31. The van der Waals surface area contributed by atoms with Gasteiger partial charge in [-0.2, -0.15) is 15.5 Å². The Kier molecular flexibility index (Phi) is 8.51. The fourth-order valence-corrected chi connectivity index (χ4v) is 6.51. The lowest BCUT2D eigenvalue weighted by atomic mass is 10.1. The first-order chi connectivity index (χ1) is 20.3. The summed E-state index contributed by atoms with van der Waals surface area (Å²) in [6.07, 6.45) is 3.85. The van der Waals surface area contributed by atoms with Crippen LogP contribution < -0.4 is 16.0 Å². The molecule has 0 saturated carbocycles. The molecule has 5 rings (SSSR count). The minimum Gasteiger partial charge on any atom is -0.496 e. The van der Waals surface area contributed by atoms with Crippen molar-refractivity contribution >= 4 is 27.5 Å². The second-order valence-corrected chi connectivity index (χ2v) is 10.9. The molecule has 0 spiro atoms. The molecule has 1 aromatic carbocycles. The first kappa shape index (κ1) is 29.2. The van der Waals surface area contributed by atoms with Gasteiger partial charge in [0, 0.05) is 24.2 Å². The summed E-state index contributed by atoms with van der Waals surface area (Å²) in [6, 6.07) is 4.91. The standard InChI is InChI=1S/C28H30FN7O5S/c1-17-23-25(38)35(18(2)24(37)33-12-4-5-13-33)28(39)34(27(23)42-26(17)36-31-10-11-32-36)16-22(41-14-6-9-30)20-15-19(29)7-8-21(20)40-3/h7-8,10-11,15,18,22H,4-6,12-14,16H2,1-3H3/t18-,22-/m0/s1. The van der Waals surface area contributed by atoms with Crippen molar-refractivity contribution in [3.8, 4) is 16.8 Å². The fraction of sp³-hybridized carbons (Fsp3) is 0.429. The first-order valence-corrected chi connectivity index (χ1v) is 14.3. The van der Waals surface area contributed by atoms with Crippen molar-refractivity contribution < 1.29 is 18.7 Å². The average Bonchev–Trinajstić information content (AvgIpc) is 3.76. The molecular weight excluding hydrogens is 565 g/mol. The van der Waals surface area contributed by atoms with Crippen LogP contribution in [0.2, 0.25) is 0 Å². The van der Waals surface area contributed by atoms with Gasteiger partial charge in [0.05, 0.1) is 50.5 Å². The van der Waals surface area contributed by atoms with Gasteiger partial charge in [0.25, 0.3) is 5.56 Å². The van der Waals surface area contributed by atoms with Gasteiger partial charge in [0.15, 0.2) is 0 Å². The largest absolute Gasteiger partial charge is 0.496 e. The fourth-order valence-electron chi connectivity index (χ4n) is 5.29. The maximum Gasteiger partial charge on any atom is 0.332 e. The molecule has 3 aromatic heterocycles. The summed E-state index contributed by atoms with van der Waals surface area (Å²) < 4.78 is 28.3. The van der Waals surface area contributed by atoms with Gasteiger partial charge in [0.2, 0.25) is 5.91 Å². The van der Waals surface area contributed by atoms with Crippen LogP contribution in [0.5, 0.6) is 5.75 Å². The number of carbonyl (C=O) groups excluding carboxylic acids is 1. The van der Waals surface area contributed by atoms with E-state index < -0.39 is 29.2 Å². The van der Waals surface area contributed by atoms with Crippen molar-refractivity contribution in [3.63, 3.8) is 0 Å². The summed E-state index contributed by atoms with van der Waals surface area (Å²) >= 11 is 1.15. The third kappa shape index (κ3) is 5.33. The minimum atomic E-state index is -1.06. The van der Waals surface area contributed by atoms with Crippen LogP contribution in [0.1, 0.15) is 49.5 Å². The molecule has 1 aliphatic heterocycles. The Balaban J connectivity index is 1.73. The maximum absolute atomic E-state index is 14.4. The van der Waals surface area contributed by atoms with Crippen molar-refractivity contribution in [1.29, 1.82) is 5.26 Å². The number of methoxy groups -OCH3 is 1. The van der Waals surface area contributed by atoms with Crippen LogP contribution in [0.3, 0.4) is 0 Å². The molecule has 0 unspecified atom stereocenters. The van der Waals surface area contributed by atoms with Gasteiger partial charge in [-0.05, 0) is 44.9 Å². The monoisotopic (exact) mass is 595 g/mol. The van der Waals surface area contributed by atoms with Crippen molar-refractivity contribution in [2.45, 2.75) is 51.8 Å². The molecule has 0 radical (unpaired) electrons. The SMILES string of the molecule is COc1ccc(F)cc1[C@H](Cn1c(=O)n([C@@H](C)C(=O)N2CCCC2)c(=O)c2c(C)c(-n3nccn3)sc21)OCCC#N. The average molecular weight is 596 g/mol. The lowest BCUT2D eigenvalue weighted by Gasteiger charge is -2.24. The summed E-state index contributed by atoms with van der Waals surface area (Å²) in [7, 11) is 1.44. The molecule has 1 amide bonds. The molecule has 220 valence electrons. The number of fused-ring (bicyclic) bond motifs is 1. The predicted octanol–water partition coefficient (Wildman–Crippen LogP) is 3.12. The molecule has 14 heteroatoms. The van der Waals surface area contributed by atoms with E-state index in [0.29, 0.717) is 39.8 Å². The van der Waals surface area contributed by atoms with Crippen LogP contribution in [-0.4, -0.2) is 61.7 Å². The van der Waals surface area contributed by atoms with E-state index in [9.17, 15) is 18.8 Å². The van der Waals surface area contributed by atoms with Gasteiger partial charge in [-0.25, -0.2) is 13.8 Å². The van der Waals surface area contributed by atoms with Crippen molar-refractivity contribution in [2.24, 2.45) is 0 Å². The maximum atomic E-state index is 14.4. The van der Waals surface area contributed by atoms with Crippen molar-refractivity contribution in [1.82, 2.24) is 29.0 Å². The number of hydrogen-bond acceptors (Lipinski definition) is 9. The van der Waals surface area contributed by atoms with Crippen LogP contribution in [0.15, 0.2) is 40.2 Å². The van der Waals surface area contributed by atoms with E-state index in [-0.39, 0.29) is 30.9 Å². The number of aryl methyl sites for hydroxylation is 1. The van der Waals surface area contributed by atoms with E-state index >= 15 is 0 Å². The number of amides is 1. The molecule has 2 atom stereocenters. The topological polar surface area (TPSA) is 137 Å². The molecule has 0 bridgehead atoms. The number of hydrogen-bond donors (Lipinski definition) is 0. The highest BCUT2D eigenvalue weighted by molar-refractivity contribution is 7.21. The van der Waals surface area contributed by atoms with Gasteiger partial charge in [0.1, 0.15) is 33.5 Å². The Hall–Kier alpha value is -4.35.